The predicted octanol–water partition coefficient (Wildman–Crippen LogP) is 5.71. The van der Waals surface area contributed by atoms with Crippen molar-refractivity contribution in [1.82, 2.24) is 15.2 Å². The molecule has 0 spiro atoms. The van der Waals surface area contributed by atoms with E-state index in [1.165, 1.54) is 31.4 Å². The zero-order valence-corrected chi connectivity index (χ0v) is 25.7. The van der Waals surface area contributed by atoms with Crippen LogP contribution in [0.3, 0.4) is 0 Å². The lowest BCUT2D eigenvalue weighted by atomic mass is 10.0. The molecule has 12 heteroatoms. The number of rotatable bonds is 8. The number of carbonyl (C=O) groups excluding carboxylic acids is 3. The van der Waals surface area contributed by atoms with Crippen molar-refractivity contribution in [2.75, 3.05) is 37.4 Å². The van der Waals surface area contributed by atoms with Crippen LogP contribution in [0.4, 0.5) is 20.6 Å². The first-order valence-electron chi connectivity index (χ1n) is 14.9. The van der Waals surface area contributed by atoms with E-state index in [2.05, 4.69) is 20.9 Å². The number of anilines is 2. The molecule has 0 radical (unpaired) electrons. The van der Waals surface area contributed by atoms with Gasteiger partial charge in [-0.3, -0.25) is 14.6 Å². The molecule has 3 N–H and O–H groups in total. The number of amides is 3. The number of hydrogen-bond donors (Lipinski definition) is 3. The minimum Gasteiger partial charge on any atom is -0.493 e. The van der Waals surface area contributed by atoms with Crippen LogP contribution in [0.2, 0.25) is 0 Å². The molecule has 1 saturated carbocycles. The Kier molecular flexibility index (Phi) is 8.22. The standard InChI is InChI=1S/C34H34FN5O6/c1-33(2)20-36-16-17-40(33)32(43)46-29-19-26-25(18-28(29)44-3)27(12-15-37-26)45-24-10-8-23(9-11-24)39-31(42)34(13-14-34)30(41)38-22-6-4-21(35)5-7-22/h4-12,15,18-19,36H,13-14,16-17,20H2,1-3H3,(H,38,41)(H,39,42). The largest absolute Gasteiger partial charge is 0.493 e. The number of ether oxygens (including phenoxy) is 3. The normalized spacial score (nSPS) is 16.3. The molecule has 0 bridgehead atoms. The number of fused-ring (bicyclic) bond motifs is 1. The van der Waals surface area contributed by atoms with Gasteiger partial charge in [0.1, 0.15) is 22.7 Å². The fourth-order valence-corrected chi connectivity index (χ4v) is 5.38. The summed E-state index contributed by atoms with van der Waals surface area (Å²) in [7, 11) is 1.50. The van der Waals surface area contributed by atoms with Crippen molar-refractivity contribution in [1.29, 1.82) is 0 Å². The molecule has 1 aliphatic carbocycles. The fraction of sp³-hybridized carbons (Fsp3) is 0.294. The molecule has 0 unspecified atom stereocenters. The van der Waals surface area contributed by atoms with E-state index in [0.29, 0.717) is 72.0 Å². The Labute approximate surface area is 265 Å². The summed E-state index contributed by atoms with van der Waals surface area (Å²) in [4.78, 5) is 45.1. The summed E-state index contributed by atoms with van der Waals surface area (Å²) >= 11 is 0. The Morgan fingerprint density at radius 2 is 1.54 bits per heavy atom. The quantitative estimate of drug-likeness (QED) is 0.212. The number of benzene rings is 3. The van der Waals surface area contributed by atoms with Crippen molar-refractivity contribution in [3.63, 3.8) is 0 Å². The molecule has 3 amide bonds. The van der Waals surface area contributed by atoms with Gasteiger partial charge >= 0.3 is 6.09 Å². The van der Waals surface area contributed by atoms with Crippen LogP contribution in [0.5, 0.6) is 23.0 Å². The van der Waals surface area contributed by atoms with Crippen LogP contribution in [0, 0.1) is 11.2 Å². The predicted molar refractivity (Wildman–Crippen MR) is 170 cm³/mol. The molecular weight excluding hydrogens is 593 g/mol. The van der Waals surface area contributed by atoms with Gasteiger partial charge in [-0.15, -0.1) is 0 Å². The monoisotopic (exact) mass is 627 g/mol. The average Bonchev–Trinajstić information content (AvgIpc) is 3.85. The molecule has 2 heterocycles. The molecule has 46 heavy (non-hydrogen) atoms. The molecule has 4 aromatic rings. The maximum atomic E-state index is 13.2. The molecule has 6 rings (SSSR count). The number of carbonyl (C=O) groups is 3. The Balaban J connectivity index is 1.13. The number of hydrogen-bond acceptors (Lipinski definition) is 8. The molecule has 2 fully saturated rings. The molecule has 238 valence electrons. The second kappa shape index (κ2) is 12.3. The third kappa shape index (κ3) is 6.29. The van der Waals surface area contributed by atoms with E-state index in [1.807, 2.05) is 13.8 Å². The fourth-order valence-electron chi connectivity index (χ4n) is 5.38. The smallest absolute Gasteiger partial charge is 0.415 e. The van der Waals surface area contributed by atoms with Crippen molar-refractivity contribution < 1.29 is 33.0 Å². The van der Waals surface area contributed by atoms with Crippen LogP contribution < -0.4 is 30.2 Å². The van der Waals surface area contributed by atoms with Gasteiger partial charge in [0.25, 0.3) is 0 Å². The molecule has 1 saturated heterocycles. The Hall–Kier alpha value is -5.23. The highest BCUT2D eigenvalue weighted by Gasteiger charge is 2.56. The summed E-state index contributed by atoms with van der Waals surface area (Å²) in [6.45, 7) is 5.81. The minimum atomic E-state index is -1.17. The zero-order chi connectivity index (χ0) is 32.5. The first-order valence-corrected chi connectivity index (χ1v) is 14.9. The van der Waals surface area contributed by atoms with E-state index in [-0.39, 0.29) is 5.75 Å². The van der Waals surface area contributed by atoms with E-state index >= 15 is 0 Å². The molecule has 3 aromatic carbocycles. The maximum absolute atomic E-state index is 13.2. The van der Waals surface area contributed by atoms with Crippen molar-refractivity contribution in [2.24, 2.45) is 5.41 Å². The van der Waals surface area contributed by atoms with Gasteiger partial charge in [-0.2, -0.15) is 0 Å². The summed E-state index contributed by atoms with van der Waals surface area (Å²) in [5, 5.41) is 9.45. The second-order valence-corrected chi connectivity index (χ2v) is 12.0. The van der Waals surface area contributed by atoms with Gasteiger partial charge in [0, 0.05) is 48.7 Å². The third-order valence-corrected chi connectivity index (χ3v) is 8.27. The number of nitrogens with zero attached hydrogens (tertiary/aromatic N) is 2. The summed E-state index contributed by atoms with van der Waals surface area (Å²) in [5.41, 5.74) is -0.121. The van der Waals surface area contributed by atoms with Gasteiger partial charge in [-0.05, 0) is 87.4 Å². The van der Waals surface area contributed by atoms with Gasteiger partial charge in [0.05, 0.1) is 18.2 Å². The Morgan fingerprint density at radius 3 is 2.15 bits per heavy atom. The second-order valence-electron chi connectivity index (χ2n) is 12.0. The lowest BCUT2D eigenvalue weighted by molar-refractivity contribution is -0.131. The molecule has 0 atom stereocenters. The summed E-state index contributed by atoms with van der Waals surface area (Å²) in [6, 6.07) is 17.2. The maximum Gasteiger partial charge on any atom is 0.415 e. The van der Waals surface area contributed by atoms with Crippen molar-refractivity contribution in [3.8, 4) is 23.0 Å². The number of methoxy groups -OCH3 is 1. The summed E-state index contributed by atoms with van der Waals surface area (Å²) in [5.74, 6) is 0.337. The number of pyridine rings is 1. The zero-order valence-electron chi connectivity index (χ0n) is 25.7. The SMILES string of the molecule is COc1cc2c(Oc3ccc(NC(=O)C4(C(=O)Nc5ccc(F)cc5)CC4)cc3)ccnc2cc1OC(=O)N1CCNCC1(C)C. The number of nitrogens with one attached hydrogen (secondary N) is 3. The van der Waals surface area contributed by atoms with Crippen molar-refractivity contribution >= 4 is 40.2 Å². The molecule has 2 aliphatic rings. The first kappa shape index (κ1) is 30.8. The van der Waals surface area contributed by atoms with E-state index in [0.717, 1.165) is 0 Å². The third-order valence-electron chi connectivity index (χ3n) is 8.27. The van der Waals surface area contributed by atoms with Crippen LogP contribution in [0.25, 0.3) is 10.9 Å². The number of aromatic nitrogens is 1. The Bertz CT molecular complexity index is 1790. The van der Waals surface area contributed by atoms with E-state index in [4.69, 9.17) is 14.2 Å². The lowest BCUT2D eigenvalue weighted by Crippen LogP contribution is -2.60. The van der Waals surface area contributed by atoms with Crippen LogP contribution in [-0.4, -0.2) is 60.1 Å². The van der Waals surface area contributed by atoms with Gasteiger partial charge in [0.15, 0.2) is 11.5 Å². The summed E-state index contributed by atoms with van der Waals surface area (Å²) in [6.07, 6.45) is 1.96. The van der Waals surface area contributed by atoms with Gasteiger partial charge in [0.2, 0.25) is 11.8 Å². The molecule has 1 aromatic heterocycles. The minimum absolute atomic E-state index is 0.249. The summed E-state index contributed by atoms with van der Waals surface area (Å²) < 4.78 is 30.7. The van der Waals surface area contributed by atoms with E-state index in [1.54, 1.807) is 53.6 Å². The highest BCUT2D eigenvalue weighted by molar-refractivity contribution is 6.16. The Morgan fingerprint density at radius 1 is 0.891 bits per heavy atom. The highest BCUT2D eigenvalue weighted by Crippen LogP contribution is 2.47. The number of halogens is 1. The van der Waals surface area contributed by atoms with Crippen LogP contribution >= 0.6 is 0 Å². The molecule has 11 nitrogen and oxygen atoms in total. The first-order chi connectivity index (χ1) is 22.1. The van der Waals surface area contributed by atoms with E-state index < -0.39 is 34.7 Å². The van der Waals surface area contributed by atoms with Crippen LogP contribution in [-0.2, 0) is 9.59 Å². The molecule has 1 aliphatic heterocycles. The molecular formula is C34H34FN5O6. The number of piperazine rings is 1. The van der Waals surface area contributed by atoms with Gasteiger partial charge in [-0.25, -0.2) is 9.18 Å². The average molecular weight is 628 g/mol. The lowest BCUT2D eigenvalue weighted by Gasteiger charge is -2.41. The van der Waals surface area contributed by atoms with Gasteiger partial charge < -0.3 is 35.1 Å². The van der Waals surface area contributed by atoms with E-state index in [9.17, 15) is 18.8 Å². The van der Waals surface area contributed by atoms with Crippen LogP contribution in [0.1, 0.15) is 26.7 Å². The van der Waals surface area contributed by atoms with Gasteiger partial charge in [-0.1, -0.05) is 0 Å². The highest BCUT2D eigenvalue weighted by atomic mass is 19.1. The van der Waals surface area contributed by atoms with Crippen molar-refractivity contribution in [3.05, 3.63) is 78.7 Å². The van der Waals surface area contributed by atoms with Crippen molar-refractivity contribution in [2.45, 2.75) is 32.2 Å². The van der Waals surface area contributed by atoms with Crippen LogP contribution in [0.15, 0.2) is 72.9 Å². The topological polar surface area (TPSA) is 131 Å².